The number of nitrogens with zero attached hydrogens (tertiary/aromatic N) is 1. The van der Waals surface area contributed by atoms with Crippen LogP contribution in [0.4, 0.5) is 0 Å². The van der Waals surface area contributed by atoms with Crippen LogP contribution in [0.2, 0.25) is 0 Å². The summed E-state index contributed by atoms with van der Waals surface area (Å²) in [6.07, 6.45) is 1.22. The van der Waals surface area contributed by atoms with E-state index in [0.29, 0.717) is 38.0 Å². The Balaban J connectivity index is 0.00000364. The number of halogens is 1. The minimum atomic E-state index is -3.82. The smallest absolute Gasteiger partial charge is 0.337 e. The molecule has 1 aliphatic heterocycles. The molecule has 1 amide bonds. The molecule has 0 bridgehead atoms. The zero-order valence-electron chi connectivity index (χ0n) is 15.4. The number of hydrogen-bond donors (Lipinski definition) is 2. The third-order valence-corrected chi connectivity index (χ3v) is 6.43. The monoisotopic (exact) mass is 419 g/mol. The Labute approximate surface area is 165 Å². The molecule has 0 saturated carbocycles. The van der Waals surface area contributed by atoms with E-state index >= 15 is 0 Å². The Hall–Kier alpha value is -1.68. The molecule has 1 saturated heterocycles. The number of amides is 1. The number of benzene rings is 1. The van der Waals surface area contributed by atoms with Gasteiger partial charge in [-0.05, 0) is 37.5 Å². The summed E-state index contributed by atoms with van der Waals surface area (Å²) in [6, 6.07) is 4.43. The van der Waals surface area contributed by atoms with Crippen LogP contribution in [-0.4, -0.2) is 57.9 Å². The van der Waals surface area contributed by atoms with Crippen LogP contribution in [0.5, 0.6) is 0 Å². The number of rotatable bonds is 6. The molecule has 1 heterocycles. The SMILES string of the molecule is COC(=O)c1ccc(C)c(S(=O)(=O)N2CCCC(C(=O)NCCN)C2)c1.Cl. The van der Waals surface area contributed by atoms with E-state index in [1.165, 1.54) is 23.5 Å². The molecular formula is C17H26ClN3O5S. The van der Waals surface area contributed by atoms with Crippen molar-refractivity contribution in [1.29, 1.82) is 0 Å². The molecule has 0 spiro atoms. The van der Waals surface area contributed by atoms with Crippen molar-refractivity contribution in [2.24, 2.45) is 11.7 Å². The van der Waals surface area contributed by atoms with E-state index in [9.17, 15) is 18.0 Å². The average molecular weight is 420 g/mol. The third-order valence-electron chi connectivity index (χ3n) is 4.43. The van der Waals surface area contributed by atoms with Crippen molar-refractivity contribution in [2.45, 2.75) is 24.7 Å². The molecule has 1 aromatic rings. The highest BCUT2D eigenvalue weighted by atomic mass is 35.5. The molecule has 1 fully saturated rings. The fraction of sp³-hybridized carbons (Fsp3) is 0.529. The number of nitrogens with two attached hydrogens (primary N) is 1. The van der Waals surface area contributed by atoms with Crippen molar-refractivity contribution >= 4 is 34.3 Å². The van der Waals surface area contributed by atoms with Crippen LogP contribution in [0.25, 0.3) is 0 Å². The Bertz CT molecular complexity index is 785. The summed E-state index contributed by atoms with van der Waals surface area (Å²) in [6.45, 7) is 2.82. The maximum absolute atomic E-state index is 13.1. The van der Waals surface area contributed by atoms with Gasteiger partial charge in [-0.1, -0.05) is 6.07 Å². The van der Waals surface area contributed by atoms with Gasteiger partial charge in [0.2, 0.25) is 15.9 Å². The molecule has 0 aliphatic carbocycles. The largest absolute Gasteiger partial charge is 0.465 e. The molecular weight excluding hydrogens is 394 g/mol. The normalized spacial score (nSPS) is 17.7. The molecule has 152 valence electrons. The van der Waals surface area contributed by atoms with Crippen molar-refractivity contribution < 1.29 is 22.7 Å². The first-order valence-electron chi connectivity index (χ1n) is 8.48. The maximum Gasteiger partial charge on any atom is 0.337 e. The van der Waals surface area contributed by atoms with E-state index in [-0.39, 0.29) is 35.3 Å². The minimum absolute atomic E-state index is 0. The number of nitrogens with one attached hydrogen (secondary N) is 1. The van der Waals surface area contributed by atoms with Gasteiger partial charge in [-0.3, -0.25) is 4.79 Å². The van der Waals surface area contributed by atoms with Gasteiger partial charge < -0.3 is 15.8 Å². The highest BCUT2D eigenvalue weighted by molar-refractivity contribution is 7.89. The Morgan fingerprint density at radius 3 is 2.70 bits per heavy atom. The van der Waals surface area contributed by atoms with E-state index in [1.807, 2.05) is 0 Å². The molecule has 0 aromatic heterocycles. The zero-order valence-corrected chi connectivity index (χ0v) is 17.1. The molecule has 10 heteroatoms. The summed E-state index contributed by atoms with van der Waals surface area (Å²) in [4.78, 5) is 24.0. The van der Waals surface area contributed by atoms with Gasteiger partial charge in [-0.25, -0.2) is 13.2 Å². The van der Waals surface area contributed by atoms with Gasteiger partial charge in [0.25, 0.3) is 0 Å². The van der Waals surface area contributed by atoms with Gasteiger partial charge in [-0.2, -0.15) is 4.31 Å². The third kappa shape index (κ3) is 5.41. The Morgan fingerprint density at radius 1 is 1.37 bits per heavy atom. The summed E-state index contributed by atoms with van der Waals surface area (Å²) < 4.78 is 32.1. The van der Waals surface area contributed by atoms with E-state index < -0.39 is 21.9 Å². The number of methoxy groups -OCH3 is 1. The Kier molecular flexibility index (Phi) is 8.67. The molecule has 2 rings (SSSR count). The topological polar surface area (TPSA) is 119 Å². The molecule has 1 aromatic carbocycles. The van der Waals surface area contributed by atoms with Crippen LogP contribution in [0, 0.1) is 12.8 Å². The zero-order chi connectivity index (χ0) is 19.3. The molecule has 8 nitrogen and oxygen atoms in total. The summed E-state index contributed by atoms with van der Waals surface area (Å²) in [5.41, 5.74) is 6.09. The first-order chi connectivity index (χ1) is 12.3. The molecule has 1 atom stereocenters. The summed E-state index contributed by atoms with van der Waals surface area (Å²) in [7, 11) is -2.58. The first-order valence-corrected chi connectivity index (χ1v) is 9.92. The lowest BCUT2D eigenvalue weighted by atomic mass is 9.99. The predicted octanol–water partition coefficient (Wildman–Crippen LogP) is 0.679. The second-order valence-electron chi connectivity index (χ2n) is 6.25. The van der Waals surface area contributed by atoms with E-state index in [0.717, 1.165) is 0 Å². The summed E-state index contributed by atoms with van der Waals surface area (Å²) >= 11 is 0. The van der Waals surface area contributed by atoms with Gasteiger partial charge in [-0.15, -0.1) is 12.4 Å². The van der Waals surface area contributed by atoms with Crippen LogP contribution in [-0.2, 0) is 19.6 Å². The van der Waals surface area contributed by atoms with Crippen LogP contribution in [0.15, 0.2) is 23.1 Å². The van der Waals surface area contributed by atoms with E-state index in [4.69, 9.17) is 5.73 Å². The van der Waals surface area contributed by atoms with Crippen molar-refractivity contribution in [2.75, 3.05) is 33.3 Å². The van der Waals surface area contributed by atoms with Crippen LogP contribution >= 0.6 is 12.4 Å². The number of esters is 1. The van der Waals surface area contributed by atoms with E-state index in [2.05, 4.69) is 10.1 Å². The van der Waals surface area contributed by atoms with E-state index in [1.54, 1.807) is 13.0 Å². The van der Waals surface area contributed by atoms with Crippen molar-refractivity contribution in [3.8, 4) is 0 Å². The van der Waals surface area contributed by atoms with Gasteiger partial charge >= 0.3 is 5.97 Å². The van der Waals surface area contributed by atoms with Gasteiger partial charge in [0.1, 0.15) is 0 Å². The van der Waals surface area contributed by atoms with Crippen LogP contribution in [0.3, 0.4) is 0 Å². The fourth-order valence-electron chi connectivity index (χ4n) is 2.98. The predicted molar refractivity (Wildman–Crippen MR) is 103 cm³/mol. The summed E-state index contributed by atoms with van der Waals surface area (Å²) in [5, 5.41) is 2.71. The highest BCUT2D eigenvalue weighted by Gasteiger charge is 2.34. The van der Waals surface area contributed by atoms with Crippen molar-refractivity contribution in [3.63, 3.8) is 0 Å². The fourth-order valence-corrected chi connectivity index (χ4v) is 4.75. The number of hydrogen-bond acceptors (Lipinski definition) is 6. The van der Waals surface area contributed by atoms with Gasteiger partial charge in [0, 0.05) is 26.2 Å². The number of carbonyl (C=O) groups is 2. The molecule has 1 aliphatic rings. The Morgan fingerprint density at radius 2 is 2.07 bits per heavy atom. The van der Waals surface area contributed by atoms with Crippen molar-refractivity contribution in [1.82, 2.24) is 9.62 Å². The summed E-state index contributed by atoms with van der Waals surface area (Å²) in [5.74, 6) is -1.19. The van der Waals surface area contributed by atoms with Gasteiger partial charge in [0.05, 0.1) is 23.5 Å². The first kappa shape index (κ1) is 23.4. The molecule has 27 heavy (non-hydrogen) atoms. The van der Waals surface area contributed by atoms with Crippen molar-refractivity contribution in [3.05, 3.63) is 29.3 Å². The van der Waals surface area contributed by atoms with Crippen LogP contribution < -0.4 is 11.1 Å². The average Bonchev–Trinajstić information content (AvgIpc) is 2.65. The number of aryl methyl sites for hydroxylation is 1. The quantitative estimate of drug-likeness (QED) is 0.654. The minimum Gasteiger partial charge on any atom is -0.465 e. The molecule has 3 N–H and O–H groups in total. The lowest BCUT2D eigenvalue weighted by Gasteiger charge is -2.31. The maximum atomic E-state index is 13.1. The molecule has 1 unspecified atom stereocenters. The highest BCUT2D eigenvalue weighted by Crippen LogP contribution is 2.26. The second kappa shape index (κ2) is 10.0. The standard InChI is InChI=1S/C17H25N3O5S.ClH/c1-12-5-6-13(17(22)25-2)10-15(12)26(23,24)20-9-3-4-14(11-20)16(21)19-8-7-18;/h5-6,10,14H,3-4,7-9,11,18H2,1-2H3,(H,19,21);1H. The number of piperidine rings is 1. The number of sulfonamides is 1. The second-order valence-corrected chi connectivity index (χ2v) is 8.16. The number of ether oxygens (including phenoxy) is 1. The lowest BCUT2D eigenvalue weighted by Crippen LogP contribution is -2.46. The number of carbonyl (C=O) groups excluding carboxylic acids is 2. The van der Waals surface area contributed by atoms with Gasteiger partial charge in [0.15, 0.2) is 0 Å². The molecule has 0 radical (unpaired) electrons. The van der Waals surface area contributed by atoms with Crippen LogP contribution in [0.1, 0.15) is 28.8 Å². The lowest BCUT2D eigenvalue weighted by molar-refractivity contribution is -0.126.